The van der Waals surface area contributed by atoms with Crippen LogP contribution in [-0.4, -0.2) is 95.8 Å². The number of ether oxygens (including phenoxy) is 1. The second-order valence-corrected chi connectivity index (χ2v) is 14.0. The van der Waals surface area contributed by atoms with Crippen LogP contribution in [0.5, 0.6) is 11.8 Å². The maximum absolute atomic E-state index is 17.0. The minimum atomic E-state index is -1.12. The molecule has 0 radical (unpaired) electrons. The number of anilines is 1. The molecule has 1 N–H and O–H groups in total. The van der Waals surface area contributed by atoms with Crippen molar-refractivity contribution in [2.45, 2.75) is 56.5 Å². The Morgan fingerprint density at radius 3 is 2.60 bits per heavy atom. The molecule has 270 valence electrons. The molecule has 0 unspecified atom stereocenters. The van der Waals surface area contributed by atoms with Gasteiger partial charge in [0.2, 0.25) is 5.91 Å². The topological polar surface area (TPSA) is 121 Å². The van der Waals surface area contributed by atoms with Gasteiger partial charge in [0, 0.05) is 67.7 Å². The van der Waals surface area contributed by atoms with Crippen molar-refractivity contribution < 1.29 is 27.8 Å². The van der Waals surface area contributed by atoms with Crippen LogP contribution in [0.25, 0.3) is 32.9 Å². The number of rotatable bonds is 8. The van der Waals surface area contributed by atoms with E-state index in [-0.39, 0.29) is 82.4 Å². The van der Waals surface area contributed by atoms with E-state index in [2.05, 4.69) is 32.4 Å². The van der Waals surface area contributed by atoms with Crippen LogP contribution < -0.4 is 9.64 Å². The molecular formula is C39H35F3N8O3. The van der Waals surface area contributed by atoms with E-state index in [1.165, 1.54) is 36.5 Å². The molecule has 3 saturated heterocycles. The lowest BCUT2D eigenvalue weighted by molar-refractivity contribution is -0.129. The summed E-state index contributed by atoms with van der Waals surface area (Å²) in [6.07, 6.45) is 12.3. The van der Waals surface area contributed by atoms with Crippen LogP contribution in [0.15, 0.2) is 61.6 Å². The predicted octanol–water partition coefficient (Wildman–Crippen LogP) is 5.35. The molecule has 6 heterocycles. The maximum Gasteiger partial charge on any atom is 0.319 e. The smallest absolute Gasteiger partial charge is 0.319 e. The fourth-order valence-electron chi connectivity index (χ4n) is 8.15. The summed E-state index contributed by atoms with van der Waals surface area (Å²) in [5, 5.41) is 11.5. The van der Waals surface area contributed by atoms with Gasteiger partial charge in [-0.05, 0) is 55.5 Å². The minimum Gasteiger partial charge on any atom is -0.508 e. The zero-order chi connectivity index (χ0) is 37.0. The molecule has 1 amide bonds. The van der Waals surface area contributed by atoms with Gasteiger partial charge in [0.15, 0.2) is 5.82 Å². The van der Waals surface area contributed by atoms with Gasteiger partial charge < -0.3 is 19.6 Å². The number of phenols is 1. The van der Waals surface area contributed by atoms with Crippen LogP contribution >= 0.6 is 0 Å². The quantitative estimate of drug-likeness (QED) is 0.166. The van der Waals surface area contributed by atoms with E-state index in [1.807, 2.05) is 21.6 Å². The van der Waals surface area contributed by atoms with Crippen LogP contribution in [0.1, 0.15) is 37.6 Å². The number of aromatic hydroxyl groups is 1. The SMILES string of the molecule is C#Cc1c(F)ccc2cc(O)cc(-c3ncc4c(N5C[C@H]6CC[C@@H](C5)N6C(=O)C=C)nc(OC[C@]5(C)C[C@@H](F)CN5Cc5ncccn5)nc4c3F)c12. The molecular weight excluding hydrogens is 685 g/mol. The normalized spacial score (nSPS) is 22.7. The second-order valence-electron chi connectivity index (χ2n) is 14.0. The summed E-state index contributed by atoms with van der Waals surface area (Å²) in [5.74, 6) is 1.36. The van der Waals surface area contributed by atoms with Gasteiger partial charge in [0.1, 0.15) is 47.2 Å². The number of carbonyl (C=O) groups excluding carboxylic acids is 1. The highest BCUT2D eigenvalue weighted by molar-refractivity contribution is 6.03. The third-order valence-corrected chi connectivity index (χ3v) is 10.6. The molecule has 14 heteroatoms. The molecule has 8 rings (SSSR count). The highest BCUT2D eigenvalue weighted by Crippen LogP contribution is 2.41. The van der Waals surface area contributed by atoms with Crippen LogP contribution in [0.3, 0.4) is 0 Å². The van der Waals surface area contributed by atoms with E-state index < -0.39 is 23.3 Å². The molecule has 11 nitrogen and oxygen atoms in total. The Labute approximate surface area is 303 Å². The summed E-state index contributed by atoms with van der Waals surface area (Å²) < 4.78 is 53.2. The standard InChI is InChI=1S/C39H35F3N8O3/c1-4-27-30(41)10-7-22-13-26(51)14-28(33(22)27)35-34(42)36-29(16-45-35)37(48-18-24-8-9-25(19-48)50(24)32(52)5-2)47-38(46-36)53-21-39(3)15-23(40)17-49(39)20-31-43-11-6-12-44-31/h1,5-7,10-14,16,23-25,51H,2,8-9,15,17-21H2,3H3/t23-,24-,25+,39+/m1/s1. The highest BCUT2D eigenvalue weighted by atomic mass is 19.1. The average Bonchev–Trinajstić information content (AvgIpc) is 3.59. The molecule has 53 heavy (non-hydrogen) atoms. The first-order chi connectivity index (χ1) is 25.6. The largest absolute Gasteiger partial charge is 0.508 e. The Morgan fingerprint density at radius 2 is 1.89 bits per heavy atom. The number of aromatic nitrogens is 5. The Bertz CT molecular complexity index is 2310. The Balaban J connectivity index is 1.23. The lowest BCUT2D eigenvalue weighted by Gasteiger charge is -2.41. The zero-order valence-electron chi connectivity index (χ0n) is 28.8. The first-order valence-corrected chi connectivity index (χ1v) is 17.3. The summed E-state index contributed by atoms with van der Waals surface area (Å²) in [7, 11) is 0. The number of phenolic OH excluding ortho intramolecular Hbond substituents is 1. The van der Waals surface area contributed by atoms with Crippen molar-refractivity contribution >= 4 is 33.4 Å². The number of fused-ring (bicyclic) bond motifs is 4. The van der Waals surface area contributed by atoms with Crippen molar-refractivity contribution in [3.63, 3.8) is 0 Å². The third kappa shape index (κ3) is 6.04. The van der Waals surface area contributed by atoms with Crippen molar-refractivity contribution in [1.82, 2.24) is 34.7 Å². The predicted molar refractivity (Wildman–Crippen MR) is 192 cm³/mol. The Hall–Kier alpha value is -5.81. The number of amides is 1. The van der Waals surface area contributed by atoms with Gasteiger partial charge in [-0.1, -0.05) is 18.6 Å². The van der Waals surface area contributed by atoms with Crippen molar-refractivity contribution in [3.05, 3.63) is 84.6 Å². The molecule has 0 spiro atoms. The van der Waals surface area contributed by atoms with E-state index in [4.69, 9.17) is 16.1 Å². The molecule has 0 saturated carbocycles. The summed E-state index contributed by atoms with van der Waals surface area (Å²) in [6, 6.07) is 6.66. The molecule has 3 aromatic heterocycles. The van der Waals surface area contributed by atoms with E-state index in [0.29, 0.717) is 36.7 Å². The van der Waals surface area contributed by atoms with E-state index in [9.17, 15) is 18.7 Å². The van der Waals surface area contributed by atoms with Gasteiger partial charge in [0.25, 0.3) is 0 Å². The number of nitrogens with zero attached hydrogens (tertiary/aromatic N) is 8. The van der Waals surface area contributed by atoms with Gasteiger partial charge >= 0.3 is 6.01 Å². The number of alkyl halides is 1. The van der Waals surface area contributed by atoms with Gasteiger partial charge in [-0.3, -0.25) is 14.7 Å². The third-order valence-electron chi connectivity index (χ3n) is 10.6. The average molecular weight is 721 g/mol. The fraction of sp³-hybridized carbons (Fsp3) is 0.333. The number of pyridine rings is 1. The number of piperazine rings is 1. The summed E-state index contributed by atoms with van der Waals surface area (Å²) in [4.78, 5) is 40.9. The maximum atomic E-state index is 17.0. The van der Waals surface area contributed by atoms with Crippen molar-refractivity contribution in [2.75, 3.05) is 31.1 Å². The number of likely N-dealkylation sites (tertiary alicyclic amines) is 1. The molecule has 0 aliphatic carbocycles. The minimum absolute atomic E-state index is 0.0281. The van der Waals surface area contributed by atoms with Crippen molar-refractivity contribution in [3.8, 4) is 35.4 Å². The number of carbonyl (C=O) groups is 1. The van der Waals surface area contributed by atoms with E-state index >= 15 is 4.39 Å². The van der Waals surface area contributed by atoms with Gasteiger partial charge in [-0.15, -0.1) is 6.42 Å². The molecule has 3 fully saturated rings. The van der Waals surface area contributed by atoms with Gasteiger partial charge in [0.05, 0.1) is 23.0 Å². The second kappa shape index (κ2) is 13.3. The number of benzene rings is 2. The van der Waals surface area contributed by atoms with Crippen molar-refractivity contribution in [1.29, 1.82) is 0 Å². The first-order valence-electron chi connectivity index (χ1n) is 17.3. The van der Waals surface area contributed by atoms with Crippen LogP contribution in [0, 0.1) is 24.0 Å². The van der Waals surface area contributed by atoms with Crippen LogP contribution in [0.4, 0.5) is 19.0 Å². The number of hydrogen-bond donors (Lipinski definition) is 1. The molecule has 3 aliphatic heterocycles. The molecule has 2 aromatic carbocycles. The van der Waals surface area contributed by atoms with Crippen LogP contribution in [-0.2, 0) is 11.3 Å². The fourth-order valence-corrected chi connectivity index (χ4v) is 8.15. The van der Waals surface area contributed by atoms with E-state index in [0.717, 1.165) is 12.8 Å². The molecule has 3 aliphatic rings. The van der Waals surface area contributed by atoms with Gasteiger partial charge in [-0.2, -0.15) is 9.97 Å². The molecule has 4 atom stereocenters. The van der Waals surface area contributed by atoms with Gasteiger partial charge in [-0.25, -0.2) is 23.1 Å². The number of terminal acetylenes is 1. The summed E-state index contributed by atoms with van der Waals surface area (Å²) >= 11 is 0. The highest BCUT2D eigenvalue weighted by Gasteiger charge is 2.45. The number of hydrogen-bond acceptors (Lipinski definition) is 10. The summed E-state index contributed by atoms with van der Waals surface area (Å²) in [5.41, 5.74) is -1.16. The lowest BCUT2D eigenvalue weighted by atomic mass is 9.96. The Morgan fingerprint density at radius 1 is 1.13 bits per heavy atom. The van der Waals surface area contributed by atoms with E-state index in [1.54, 1.807) is 18.5 Å². The first kappa shape index (κ1) is 34.3. The zero-order valence-corrected chi connectivity index (χ0v) is 28.8. The summed E-state index contributed by atoms with van der Waals surface area (Å²) in [6.45, 7) is 6.79. The lowest BCUT2D eigenvalue weighted by Crippen LogP contribution is -2.55. The molecule has 2 bridgehead atoms. The Kier molecular flexibility index (Phi) is 8.61. The molecule has 5 aromatic rings. The van der Waals surface area contributed by atoms with Crippen molar-refractivity contribution in [2.24, 2.45) is 0 Å². The van der Waals surface area contributed by atoms with Crippen LogP contribution in [0.2, 0.25) is 0 Å². The number of halogens is 3. The monoisotopic (exact) mass is 720 g/mol.